The van der Waals surface area contributed by atoms with Gasteiger partial charge in [-0.15, -0.1) is 0 Å². The Kier molecular flexibility index (Phi) is 3.01. The van der Waals surface area contributed by atoms with Crippen molar-refractivity contribution in [3.05, 3.63) is 23.4 Å². The summed E-state index contributed by atoms with van der Waals surface area (Å²) in [5, 5.41) is 4.66. The van der Waals surface area contributed by atoms with Gasteiger partial charge in [-0.3, -0.25) is 0 Å². The maximum absolute atomic E-state index is 6.16. The summed E-state index contributed by atoms with van der Waals surface area (Å²) in [6.07, 6.45) is 1.83. The van der Waals surface area contributed by atoms with E-state index >= 15 is 0 Å². The maximum atomic E-state index is 6.16. The van der Waals surface area contributed by atoms with Gasteiger partial charge in [0.25, 0.3) is 0 Å². The molecule has 1 aliphatic heterocycles. The Bertz CT molecular complexity index is 585. The number of fused-ring (bicyclic) bond motifs is 1. The molecule has 0 saturated heterocycles. The molecule has 0 unspecified atom stereocenters. The Balaban J connectivity index is 1.98. The van der Waals surface area contributed by atoms with E-state index in [-0.39, 0.29) is 6.79 Å². The number of halogens is 1. The summed E-state index contributed by atoms with van der Waals surface area (Å²) in [6, 6.07) is 3.80. The molecule has 3 rings (SSSR count). The minimum atomic E-state index is 0.226. The van der Waals surface area contributed by atoms with Crippen molar-refractivity contribution in [3.8, 4) is 21.9 Å². The zero-order valence-electron chi connectivity index (χ0n) is 9.70. The fourth-order valence-corrected chi connectivity index (χ4v) is 2.89. The van der Waals surface area contributed by atoms with Crippen molar-refractivity contribution in [2.45, 2.75) is 6.92 Å². The van der Waals surface area contributed by atoms with E-state index in [4.69, 9.17) is 21.1 Å². The summed E-state index contributed by atoms with van der Waals surface area (Å²) in [4.78, 5) is 5.35. The van der Waals surface area contributed by atoms with Gasteiger partial charge in [0.1, 0.15) is 0 Å². The fraction of sp³-hybridized carbons (Fsp3) is 0.250. The van der Waals surface area contributed by atoms with E-state index in [0.29, 0.717) is 16.5 Å². The third-order valence-electron chi connectivity index (χ3n) is 2.55. The molecule has 0 atom stereocenters. The first-order valence-electron chi connectivity index (χ1n) is 5.57. The van der Waals surface area contributed by atoms with Crippen LogP contribution in [0, 0.1) is 0 Å². The van der Waals surface area contributed by atoms with E-state index < -0.39 is 0 Å². The molecule has 94 valence electrons. The molecule has 1 aromatic carbocycles. The number of nitrogens with zero attached hydrogens (tertiary/aromatic N) is 1. The van der Waals surface area contributed by atoms with Crippen LogP contribution in [0.3, 0.4) is 0 Å². The molecule has 1 aliphatic rings. The topological polar surface area (TPSA) is 43.4 Å². The molecule has 0 aliphatic carbocycles. The number of ether oxygens (including phenoxy) is 2. The molecule has 0 saturated carbocycles. The molecule has 6 heteroatoms. The minimum Gasteiger partial charge on any atom is -0.454 e. The monoisotopic (exact) mass is 282 g/mol. The van der Waals surface area contributed by atoms with Gasteiger partial charge >= 0.3 is 0 Å². The molecule has 0 bridgehead atoms. The lowest BCUT2D eigenvalue weighted by Gasteiger charge is -2.02. The molecule has 0 amide bonds. The highest BCUT2D eigenvalue weighted by atomic mass is 35.5. The van der Waals surface area contributed by atoms with Crippen LogP contribution < -0.4 is 14.8 Å². The van der Waals surface area contributed by atoms with Gasteiger partial charge in [-0.2, -0.15) is 0 Å². The highest BCUT2D eigenvalue weighted by Gasteiger charge is 2.19. The first-order chi connectivity index (χ1) is 8.78. The van der Waals surface area contributed by atoms with Crippen molar-refractivity contribution < 1.29 is 9.47 Å². The normalized spacial score (nSPS) is 12.8. The fourth-order valence-electron chi connectivity index (χ4n) is 1.75. The molecule has 2 aromatic rings. The highest BCUT2D eigenvalue weighted by molar-refractivity contribution is 7.18. The van der Waals surface area contributed by atoms with Crippen molar-refractivity contribution in [2.24, 2.45) is 0 Å². The lowest BCUT2D eigenvalue weighted by Crippen LogP contribution is -1.94. The average molecular weight is 283 g/mol. The SMILES string of the molecule is CCNc1ncc(-c2cc(Cl)c3c(c2)OCO3)s1. The van der Waals surface area contributed by atoms with Crippen LogP contribution >= 0.6 is 22.9 Å². The number of hydrogen-bond donors (Lipinski definition) is 1. The molecule has 4 nitrogen and oxygen atoms in total. The molecule has 0 spiro atoms. The summed E-state index contributed by atoms with van der Waals surface area (Å²) in [5.41, 5.74) is 0.992. The Morgan fingerprint density at radius 2 is 2.33 bits per heavy atom. The highest BCUT2D eigenvalue weighted by Crippen LogP contribution is 2.43. The summed E-state index contributed by atoms with van der Waals surface area (Å²) in [5.74, 6) is 1.31. The predicted octanol–water partition coefficient (Wildman–Crippen LogP) is 3.62. The first kappa shape index (κ1) is 11.6. The second kappa shape index (κ2) is 4.66. The smallest absolute Gasteiger partial charge is 0.231 e. The van der Waals surface area contributed by atoms with Crippen LogP contribution in [0.2, 0.25) is 5.02 Å². The van der Waals surface area contributed by atoms with E-state index in [0.717, 1.165) is 22.1 Å². The summed E-state index contributed by atoms with van der Waals surface area (Å²) < 4.78 is 10.6. The number of nitrogens with one attached hydrogen (secondary N) is 1. The molecule has 0 radical (unpaired) electrons. The van der Waals surface area contributed by atoms with Crippen LogP contribution in [-0.2, 0) is 0 Å². The van der Waals surface area contributed by atoms with E-state index in [2.05, 4.69) is 10.3 Å². The first-order valence-corrected chi connectivity index (χ1v) is 6.76. The van der Waals surface area contributed by atoms with Crippen molar-refractivity contribution in [1.82, 2.24) is 4.98 Å². The molecule has 1 N–H and O–H groups in total. The zero-order valence-corrected chi connectivity index (χ0v) is 11.3. The number of thiazole rings is 1. The molecule has 18 heavy (non-hydrogen) atoms. The number of anilines is 1. The average Bonchev–Trinajstić information content (AvgIpc) is 2.97. The van der Waals surface area contributed by atoms with Crippen LogP contribution in [0.5, 0.6) is 11.5 Å². The summed E-state index contributed by atoms with van der Waals surface area (Å²) in [6.45, 7) is 3.12. The van der Waals surface area contributed by atoms with Gasteiger partial charge in [0.05, 0.1) is 9.90 Å². The van der Waals surface area contributed by atoms with E-state index in [1.165, 1.54) is 0 Å². The third kappa shape index (κ3) is 2.00. The standard InChI is InChI=1S/C12H11ClN2O2S/c1-2-14-12-15-5-10(18-12)7-3-8(13)11-9(4-7)16-6-17-11/h3-5H,2,6H2,1H3,(H,14,15). The molecule has 0 fully saturated rings. The van der Waals surface area contributed by atoms with Gasteiger partial charge in [0, 0.05) is 12.7 Å². The van der Waals surface area contributed by atoms with Crippen molar-refractivity contribution in [2.75, 3.05) is 18.7 Å². The third-order valence-corrected chi connectivity index (χ3v) is 3.83. The van der Waals surface area contributed by atoms with E-state index in [9.17, 15) is 0 Å². The lowest BCUT2D eigenvalue weighted by molar-refractivity contribution is 0.174. The maximum Gasteiger partial charge on any atom is 0.231 e. The van der Waals surface area contributed by atoms with Crippen molar-refractivity contribution in [3.63, 3.8) is 0 Å². The van der Waals surface area contributed by atoms with E-state index in [1.54, 1.807) is 11.3 Å². The van der Waals surface area contributed by atoms with E-state index in [1.807, 2.05) is 25.3 Å². The van der Waals surface area contributed by atoms with Crippen molar-refractivity contribution >= 4 is 28.1 Å². The number of aromatic nitrogens is 1. The van der Waals surface area contributed by atoms with Crippen LogP contribution in [-0.4, -0.2) is 18.3 Å². The van der Waals surface area contributed by atoms with Gasteiger partial charge in [0.2, 0.25) is 6.79 Å². The largest absolute Gasteiger partial charge is 0.454 e. The Morgan fingerprint density at radius 1 is 1.44 bits per heavy atom. The summed E-state index contributed by atoms with van der Waals surface area (Å²) in [7, 11) is 0. The Labute approximate surface area is 114 Å². The van der Waals surface area contributed by atoms with Crippen LogP contribution in [0.25, 0.3) is 10.4 Å². The van der Waals surface area contributed by atoms with Gasteiger partial charge < -0.3 is 14.8 Å². The second-order valence-electron chi connectivity index (χ2n) is 3.75. The lowest BCUT2D eigenvalue weighted by atomic mass is 10.2. The van der Waals surface area contributed by atoms with Gasteiger partial charge in [-0.05, 0) is 24.6 Å². The molecule has 1 aromatic heterocycles. The van der Waals surface area contributed by atoms with Gasteiger partial charge in [0.15, 0.2) is 16.6 Å². The zero-order chi connectivity index (χ0) is 12.5. The predicted molar refractivity (Wildman–Crippen MR) is 72.8 cm³/mol. The Morgan fingerprint density at radius 3 is 3.17 bits per heavy atom. The number of hydrogen-bond acceptors (Lipinski definition) is 5. The molecular formula is C12H11ClN2O2S. The molecular weight excluding hydrogens is 272 g/mol. The second-order valence-corrected chi connectivity index (χ2v) is 5.19. The van der Waals surface area contributed by atoms with Gasteiger partial charge in [-0.25, -0.2) is 4.98 Å². The Hall–Kier alpha value is -1.46. The number of benzene rings is 1. The molecule has 2 heterocycles. The quantitative estimate of drug-likeness (QED) is 0.934. The van der Waals surface area contributed by atoms with Crippen LogP contribution in [0.1, 0.15) is 6.92 Å². The van der Waals surface area contributed by atoms with Crippen LogP contribution in [0.15, 0.2) is 18.3 Å². The van der Waals surface area contributed by atoms with Gasteiger partial charge in [-0.1, -0.05) is 22.9 Å². The number of rotatable bonds is 3. The summed E-state index contributed by atoms with van der Waals surface area (Å²) >= 11 is 7.74. The van der Waals surface area contributed by atoms with Crippen LogP contribution in [0.4, 0.5) is 5.13 Å². The minimum absolute atomic E-state index is 0.226. The van der Waals surface area contributed by atoms with Crippen molar-refractivity contribution in [1.29, 1.82) is 0 Å².